The van der Waals surface area contributed by atoms with Crippen LogP contribution in [0.3, 0.4) is 0 Å². The SMILES string of the molecule is CO[C@H](C(=O)[C@@H](O)[C@@H](C)O)[C@@H]1Cc2cc3cc(C[C@H]4C[C@H](O[C@H]5C[C@@H](O)[C@H](O)[C@@H](C)O5)[C@@H](O)[C@@H](C)O4)c(C)c(O)c3c(O)c2C(=O)[C@H]1O[C@@H]1C[C@H](O[C@@H]2C[C@H](O[C@@H]3C[C@](O)(CO)[C@@H](O)[C@H](C)O3)[C@@H](O)[C@H](C)O2)[C@@H](O)[C@H](C)O1. The molecule has 5 fully saturated rings. The van der Waals surface area contributed by atoms with Crippen molar-refractivity contribution in [3.8, 4) is 11.5 Å². The number of aliphatic hydroxyl groups is 10. The Hall–Kier alpha value is -3.16. The van der Waals surface area contributed by atoms with Crippen molar-refractivity contribution in [3.63, 3.8) is 0 Å². The van der Waals surface area contributed by atoms with Gasteiger partial charge in [0.25, 0.3) is 0 Å². The number of ketones is 2. The van der Waals surface area contributed by atoms with E-state index < -0.39 is 177 Å². The number of methoxy groups -OCH3 is 1. The predicted octanol–water partition coefficient (Wildman–Crippen LogP) is -1.07. The third-order valence-electron chi connectivity index (χ3n) is 16.5. The number of aromatic hydroxyl groups is 2. The molecule has 24 nitrogen and oxygen atoms in total. The molecule has 1 aliphatic carbocycles. The lowest BCUT2D eigenvalue weighted by Crippen LogP contribution is -2.60. The molecule has 5 saturated heterocycles. The van der Waals surface area contributed by atoms with Gasteiger partial charge in [0.05, 0.1) is 84.7 Å². The van der Waals surface area contributed by atoms with Gasteiger partial charge < -0.3 is 109 Å². The Kier molecular flexibility index (Phi) is 18.8. The van der Waals surface area contributed by atoms with Crippen LogP contribution in [-0.2, 0) is 65.0 Å². The number of rotatable bonds is 16. The Morgan fingerprint density at radius 2 is 1.23 bits per heavy atom. The molecule has 25 atom stereocenters. The van der Waals surface area contributed by atoms with E-state index in [1.807, 2.05) is 0 Å². The number of phenols is 2. The lowest BCUT2D eigenvalue weighted by atomic mass is 9.74. The van der Waals surface area contributed by atoms with Gasteiger partial charge >= 0.3 is 0 Å². The van der Waals surface area contributed by atoms with Crippen LogP contribution in [-0.4, -0.2) is 233 Å². The standard InChI is InChI=1S/C53H78O24/c1-19-26(11-29-13-32(44(60)22(4)69-29)74-35-14-31(56)43(59)21(3)70-35)9-27-10-28-12-30(50(68-8)49(65)42(58)20(2)55)51(48(64)40(28)47(63)39(27)41(19)57)77-37-16-33(45(61)24(6)72-37)75-36-15-34(46(62)23(5)71-36)76-38-17-53(67,18-54)52(66)25(7)73-38/h9-10,20-25,29-38,42-46,50-52,54-63,66-67H,11-18H2,1-8H3/t20-,21-,22-,23+,24+,25+,29+,30+,31-,32+,33+,34+,35+,36-,37-,38-,42+,43-,44+,45+,46+,50+,51+,52+,53+/m1/s1. The first-order valence-electron chi connectivity index (χ1n) is 26.5. The van der Waals surface area contributed by atoms with Gasteiger partial charge in [-0.1, -0.05) is 6.07 Å². The van der Waals surface area contributed by atoms with E-state index in [-0.39, 0.29) is 67.2 Å². The van der Waals surface area contributed by atoms with Crippen LogP contribution < -0.4 is 0 Å². The molecule has 0 radical (unpaired) electrons. The normalized spacial score (nSPS) is 42.2. The molecular formula is C53H78O24. The number of benzene rings is 2. The monoisotopic (exact) mass is 1100 g/mol. The van der Waals surface area contributed by atoms with Gasteiger partial charge in [-0.2, -0.15) is 0 Å². The van der Waals surface area contributed by atoms with Crippen molar-refractivity contribution in [2.45, 2.75) is 240 Å². The number of hydrogen-bond acceptors (Lipinski definition) is 24. The number of ether oxygens (including phenoxy) is 10. The molecule has 5 aliphatic heterocycles. The van der Waals surface area contributed by atoms with Crippen LogP contribution >= 0.6 is 0 Å². The molecule has 2 aromatic rings. The summed E-state index contributed by atoms with van der Waals surface area (Å²) in [4.78, 5) is 29.0. The molecule has 5 heterocycles. The van der Waals surface area contributed by atoms with Gasteiger partial charge in [0.1, 0.15) is 65.9 Å². The third kappa shape index (κ3) is 12.2. The van der Waals surface area contributed by atoms with E-state index in [4.69, 9.17) is 47.4 Å². The number of aliphatic hydroxyl groups excluding tert-OH is 9. The number of carbonyl (C=O) groups excluding carboxylic acids is 2. The van der Waals surface area contributed by atoms with E-state index in [0.29, 0.717) is 16.5 Å². The van der Waals surface area contributed by atoms with Gasteiger partial charge in [0.15, 0.2) is 36.7 Å². The Morgan fingerprint density at radius 3 is 1.79 bits per heavy atom. The van der Waals surface area contributed by atoms with E-state index >= 15 is 4.79 Å². The molecule has 6 aliphatic rings. The van der Waals surface area contributed by atoms with Crippen LogP contribution in [0, 0.1) is 12.8 Å². The second-order valence-electron chi connectivity index (χ2n) is 22.1. The van der Waals surface area contributed by atoms with Crippen LogP contribution in [0.4, 0.5) is 0 Å². The van der Waals surface area contributed by atoms with Crippen LogP contribution in [0.5, 0.6) is 11.5 Å². The summed E-state index contributed by atoms with van der Waals surface area (Å²) in [6.45, 7) is 9.95. The van der Waals surface area contributed by atoms with Crippen molar-refractivity contribution in [1.29, 1.82) is 0 Å². The molecule has 24 heteroatoms. The summed E-state index contributed by atoms with van der Waals surface area (Å²) in [6, 6.07) is 3.31. The maximum atomic E-state index is 15.1. The minimum absolute atomic E-state index is 0.0156. The van der Waals surface area contributed by atoms with Gasteiger partial charge in [0, 0.05) is 45.1 Å². The van der Waals surface area contributed by atoms with Crippen molar-refractivity contribution in [2.24, 2.45) is 5.92 Å². The summed E-state index contributed by atoms with van der Waals surface area (Å²) in [6.07, 6.45) is -26.7. The first kappa shape index (κ1) is 59.9. The van der Waals surface area contributed by atoms with E-state index in [0.717, 1.165) is 0 Å². The average molecular weight is 1100 g/mol. The molecular weight excluding hydrogens is 1020 g/mol. The largest absolute Gasteiger partial charge is 0.507 e. The minimum atomic E-state index is -1.94. The Bertz CT molecular complexity index is 2380. The second kappa shape index (κ2) is 24.1. The number of phenolic OH excluding ortho intramolecular Hbond substituents is 2. The average Bonchev–Trinajstić information content (AvgIpc) is 3.37. The summed E-state index contributed by atoms with van der Waals surface area (Å²) >= 11 is 0. The maximum absolute atomic E-state index is 15.1. The fraction of sp³-hybridized carbons (Fsp3) is 0.774. The van der Waals surface area contributed by atoms with E-state index in [9.17, 15) is 66.1 Å². The zero-order valence-electron chi connectivity index (χ0n) is 44.4. The van der Waals surface area contributed by atoms with Crippen molar-refractivity contribution in [3.05, 3.63) is 34.4 Å². The van der Waals surface area contributed by atoms with E-state index in [2.05, 4.69) is 0 Å². The molecule has 0 saturated carbocycles. The second-order valence-corrected chi connectivity index (χ2v) is 22.1. The quantitative estimate of drug-likeness (QED) is 0.0952. The van der Waals surface area contributed by atoms with Gasteiger partial charge in [-0.25, -0.2) is 0 Å². The fourth-order valence-corrected chi connectivity index (χ4v) is 11.8. The highest BCUT2D eigenvalue weighted by Crippen LogP contribution is 2.46. The molecule has 0 unspecified atom stereocenters. The smallest absolute Gasteiger partial charge is 0.196 e. The molecule has 2 aromatic carbocycles. The van der Waals surface area contributed by atoms with Gasteiger partial charge in [-0.15, -0.1) is 0 Å². The van der Waals surface area contributed by atoms with Crippen LogP contribution in [0.1, 0.15) is 101 Å². The lowest BCUT2D eigenvalue weighted by molar-refractivity contribution is -0.336. The highest BCUT2D eigenvalue weighted by Gasteiger charge is 2.52. The van der Waals surface area contributed by atoms with Gasteiger partial charge in [0.2, 0.25) is 0 Å². The molecule has 12 N–H and O–H groups in total. The van der Waals surface area contributed by atoms with E-state index in [1.165, 1.54) is 27.9 Å². The van der Waals surface area contributed by atoms with Crippen LogP contribution in [0.25, 0.3) is 10.8 Å². The Morgan fingerprint density at radius 1 is 0.714 bits per heavy atom. The Labute approximate surface area is 445 Å². The number of hydrogen-bond donors (Lipinski definition) is 12. The van der Waals surface area contributed by atoms with E-state index in [1.54, 1.807) is 39.8 Å². The zero-order chi connectivity index (χ0) is 56.3. The molecule has 0 spiro atoms. The Balaban J connectivity index is 1.04. The number of Topliss-reactive ketones (excluding diaryl/α,β-unsaturated/α-hetero) is 2. The van der Waals surface area contributed by atoms with Crippen LogP contribution in [0.15, 0.2) is 12.1 Å². The summed E-state index contributed by atoms with van der Waals surface area (Å²) < 4.78 is 60.5. The first-order chi connectivity index (χ1) is 36.2. The predicted molar refractivity (Wildman–Crippen MR) is 263 cm³/mol. The maximum Gasteiger partial charge on any atom is 0.196 e. The van der Waals surface area contributed by atoms with Crippen molar-refractivity contribution in [2.75, 3.05) is 13.7 Å². The first-order valence-corrected chi connectivity index (χ1v) is 26.5. The molecule has 0 amide bonds. The number of fused-ring (bicyclic) bond motifs is 2. The summed E-state index contributed by atoms with van der Waals surface area (Å²) in [5, 5.41) is 131. The highest BCUT2D eigenvalue weighted by molar-refractivity contribution is 6.11. The molecule has 434 valence electrons. The number of carbonyl (C=O) groups is 2. The van der Waals surface area contributed by atoms with Crippen molar-refractivity contribution < 1.29 is 118 Å². The molecule has 0 aromatic heterocycles. The minimum Gasteiger partial charge on any atom is -0.507 e. The molecule has 0 bridgehead atoms. The summed E-state index contributed by atoms with van der Waals surface area (Å²) in [5.74, 6) is -3.97. The third-order valence-corrected chi connectivity index (χ3v) is 16.5. The van der Waals surface area contributed by atoms with Crippen molar-refractivity contribution in [1.82, 2.24) is 0 Å². The summed E-state index contributed by atoms with van der Waals surface area (Å²) in [5.41, 5.74) is -0.996. The lowest BCUT2D eigenvalue weighted by Gasteiger charge is -2.46. The van der Waals surface area contributed by atoms with Crippen LogP contribution in [0.2, 0.25) is 0 Å². The zero-order valence-corrected chi connectivity index (χ0v) is 44.4. The van der Waals surface area contributed by atoms with Gasteiger partial charge in [-0.3, -0.25) is 9.59 Å². The topological polar surface area (TPSA) is 369 Å². The fourth-order valence-electron chi connectivity index (χ4n) is 11.8. The highest BCUT2D eigenvalue weighted by atomic mass is 16.7. The van der Waals surface area contributed by atoms with Gasteiger partial charge in [-0.05, 0) is 89.5 Å². The van der Waals surface area contributed by atoms with Crippen molar-refractivity contribution >= 4 is 22.3 Å². The summed E-state index contributed by atoms with van der Waals surface area (Å²) in [7, 11) is 1.19. The molecule has 8 rings (SSSR count). The molecule has 77 heavy (non-hydrogen) atoms.